The molecule has 29 heavy (non-hydrogen) atoms. The molecule has 1 amide bonds. The summed E-state index contributed by atoms with van der Waals surface area (Å²) >= 11 is 0. The molecule has 3 rings (SSSR count). The van der Waals surface area contributed by atoms with Gasteiger partial charge in [-0.15, -0.1) is 0 Å². The minimum absolute atomic E-state index is 0.0165. The molecule has 0 fully saturated rings. The van der Waals surface area contributed by atoms with Crippen LogP contribution in [0.1, 0.15) is 28.7 Å². The number of oxazole rings is 1. The minimum atomic E-state index is -0.484. The van der Waals surface area contributed by atoms with Gasteiger partial charge in [0.2, 0.25) is 11.8 Å². The fraction of sp³-hybridized carbons (Fsp3) is 0.227. The molecule has 1 heterocycles. The number of para-hydroxylation sites is 1. The Labute approximate surface area is 168 Å². The number of anilines is 1. The normalized spacial score (nSPS) is 10.4. The predicted molar refractivity (Wildman–Crippen MR) is 108 cm³/mol. The van der Waals surface area contributed by atoms with E-state index >= 15 is 0 Å². The van der Waals surface area contributed by atoms with Crippen molar-refractivity contribution in [3.8, 4) is 17.2 Å². The molecule has 0 radical (unpaired) electrons. The van der Waals surface area contributed by atoms with Gasteiger partial charge in [0.15, 0.2) is 0 Å². The molecule has 0 aliphatic heterocycles. The van der Waals surface area contributed by atoms with Crippen LogP contribution < -0.4 is 10.1 Å². The lowest BCUT2D eigenvalue weighted by Gasteiger charge is -2.09. The Morgan fingerprint density at radius 3 is 2.52 bits per heavy atom. The SMILES string of the molecule is CCOC(=O)c1ccccc1NC(=O)Cc1nc(-c2ccc(OC)cc2)oc1C. The second-order valence-corrected chi connectivity index (χ2v) is 6.24. The van der Waals surface area contributed by atoms with Crippen molar-refractivity contribution in [1.29, 1.82) is 0 Å². The first-order valence-corrected chi connectivity index (χ1v) is 9.18. The third kappa shape index (κ3) is 4.82. The number of aryl methyl sites for hydroxylation is 1. The maximum absolute atomic E-state index is 12.5. The van der Waals surface area contributed by atoms with Crippen molar-refractivity contribution < 1.29 is 23.5 Å². The number of carbonyl (C=O) groups excluding carboxylic acids is 2. The number of methoxy groups -OCH3 is 1. The number of benzene rings is 2. The summed E-state index contributed by atoms with van der Waals surface area (Å²) in [6, 6.07) is 14.0. The zero-order valence-corrected chi connectivity index (χ0v) is 16.5. The molecule has 0 bridgehead atoms. The van der Waals surface area contributed by atoms with Crippen LogP contribution in [0.4, 0.5) is 5.69 Å². The van der Waals surface area contributed by atoms with E-state index in [0.717, 1.165) is 11.3 Å². The van der Waals surface area contributed by atoms with E-state index in [2.05, 4.69) is 10.3 Å². The predicted octanol–water partition coefficient (Wildman–Crippen LogP) is 4.02. The first-order chi connectivity index (χ1) is 14.0. The maximum Gasteiger partial charge on any atom is 0.340 e. The van der Waals surface area contributed by atoms with Crippen LogP contribution in [0.3, 0.4) is 0 Å². The standard InChI is InChI=1S/C22H22N2O5/c1-4-28-22(26)17-7-5-6-8-18(17)23-20(25)13-19-14(2)29-21(24-19)15-9-11-16(27-3)12-10-15/h5-12H,4,13H2,1-3H3,(H,23,25). The molecule has 1 N–H and O–H groups in total. The van der Waals surface area contributed by atoms with Crippen LogP contribution in [0, 0.1) is 6.92 Å². The number of aromatic nitrogens is 1. The van der Waals surface area contributed by atoms with Gasteiger partial charge in [-0.25, -0.2) is 9.78 Å². The summed E-state index contributed by atoms with van der Waals surface area (Å²) in [5, 5.41) is 2.75. The maximum atomic E-state index is 12.5. The fourth-order valence-corrected chi connectivity index (χ4v) is 2.77. The van der Waals surface area contributed by atoms with Gasteiger partial charge in [-0.3, -0.25) is 4.79 Å². The Morgan fingerprint density at radius 2 is 1.83 bits per heavy atom. The van der Waals surface area contributed by atoms with Crippen LogP contribution in [0.25, 0.3) is 11.5 Å². The van der Waals surface area contributed by atoms with Gasteiger partial charge in [0, 0.05) is 5.56 Å². The fourth-order valence-electron chi connectivity index (χ4n) is 2.77. The molecule has 0 spiro atoms. The number of amides is 1. The highest BCUT2D eigenvalue weighted by atomic mass is 16.5. The van der Waals surface area contributed by atoms with Gasteiger partial charge in [0.1, 0.15) is 11.5 Å². The van der Waals surface area contributed by atoms with Crippen LogP contribution in [0.2, 0.25) is 0 Å². The number of hydrogen-bond acceptors (Lipinski definition) is 6. The molecule has 0 saturated heterocycles. The van der Waals surface area contributed by atoms with Gasteiger partial charge < -0.3 is 19.2 Å². The van der Waals surface area contributed by atoms with Crippen molar-refractivity contribution in [3.05, 3.63) is 65.5 Å². The average Bonchev–Trinajstić information content (AvgIpc) is 3.08. The lowest BCUT2D eigenvalue weighted by molar-refractivity contribution is -0.115. The van der Waals surface area contributed by atoms with Gasteiger partial charge in [-0.1, -0.05) is 12.1 Å². The molecule has 3 aromatic rings. The summed E-state index contributed by atoms with van der Waals surface area (Å²) < 4.78 is 15.9. The molecule has 7 nitrogen and oxygen atoms in total. The Kier molecular flexibility index (Phi) is 6.29. The Balaban J connectivity index is 1.73. The summed E-state index contributed by atoms with van der Waals surface area (Å²) in [6.07, 6.45) is 0.0165. The smallest absolute Gasteiger partial charge is 0.340 e. The van der Waals surface area contributed by atoms with Crippen LogP contribution in [-0.2, 0) is 16.0 Å². The highest BCUT2D eigenvalue weighted by molar-refractivity contribution is 6.01. The van der Waals surface area contributed by atoms with Gasteiger partial charge >= 0.3 is 5.97 Å². The van der Waals surface area contributed by atoms with Crippen LogP contribution >= 0.6 is 0 Å². The first kappa shape index (κ1) is 20.1. The van der Waals surface area contributed by atoms with Gasteiger partial charge in [-0.05, 0) is 50.2 Å². The summed E-state index contributed by atoms with van der Waals surface area (Å²) in [5.41, 5.74) is 2.01. The highest BCUT2D eigenvalue weighted by Crippen LogP contribution is 2.24. The highest BCUT2D eigenvalue weighted by Gasteiger charge is 2.17. The van der Waals surface area contributed by atoms with E-state index < -0.39 is 5.97 Å². The van der Waals surface area contributed by atoms with Gasteiger partial charge in [0.25, 0.3) is 0 Å². The van der Waals surface area contributed by atoms with Crippen molar-refractivity contribution in [3.63, 3.8) is 0 Å². The molecule has 0 unspecified atom stereocenters. The zero-order valence-electron chi connectivity index (χ0n) is 16.5. The molecule has 0 saturated carbocycles. The molecule has 150 valence electrons. The number of esters is 1. The second-order valence-electron chi connectivity index (χ2n) is 6.24. The van der Waals surface area contributed by atoms with E-state index in [1.54, 1.807) is 45.2 Å². The number of hydrogen-bond donors (Lipinski definition) is 1. The lowest BCUT2D eigenvalue weighted by atomic mass is 10.1. The Bertz CT molecular complexity index is 1010. The largest absolute Gasteiger partial charge is 0.497 e. The number of nitrogens with one attached hydrogen (secondary N) is 1. The van der Waals surface area contributed by atoms with Crippen molar-refractivity contribution in [1.82, 2.24) is 4.98 Å². The Hall–Kier alpha value is -3.61. The Morgan fingerprint density at radius 1 is 1.10 bits per heavy atom. The topological polar surface area (TPSA) is 90.7 Å². The molecule has 0 aliphatic carbocycles. The van der Waals surface area contributed by atoms with E-state index in [9.17, 15) is 9.59 Å². The number of ether oxygens (including phenoxy) is 2. The summed E-state index contributed by atoms with van der Waals surface area (Å²) in [7, 11) is 1.60. The zero-order chi connectivity index (χ0) is 20.8. The molecule has 7 heteroatoms. The third-order valence-electron chi connectivity index (χ3n) is 4.25. The van der Waals surface area contributed by atoms with E-state index in [-0.39, 0.29) is 18.9 Å². The van der Waals surface area contributed by atoms with E-state index in [0.29, 0.717) is 28.6 Å². The van der Waals surface area contributed by atoms with E-state index in [1.807, 2.05) is 24.3 Å². The van der Waals surface area contributed by atoms with Crippen molar-refractivity contribution in [2.75, 3.05) is 19.0 Å². The summed E-state index contributed by atoms with van der Waals surface area (Å²) in [5.74, 6) is 0.934. The van der Waals surface area contributed by atoms with E-state index in [1.165, 1.54) is 0 Å². The van der Waals surface area contributed by atoms with Crippen LogP contribution in [-0.4, -0.2) is 30.6 Å². The van der Waals surface area contributed by atoms with Gasteiger partial charge in [0.05, 0.1) is 37.1 Å². The average molecular weight is 394 g/mol. The third-order valence-corrected chi connectivity index (χ3v) is 4.25. The van der Waals surface area contributed by atoms with E-state index in [4.69, 9.17) is 13.9 Å². The number of carbonyl (C=O) groups is 2. The summed E-state index contributed by atoms with van der Waals surface area (Å²) in [4.78, 5) is 29.0. The number of nitrogens with zero attached hydrogens (tertiary/aromatic N) is 1. The van der Waals surface area contributed by atoms with Crippen molar-refractivity contribution in [2.24, 2.45) is 0 Å². The van der Waals surface area contributed by atoms with Crippen LogP contribution in [0.15, 0.2) is 52.9 Å². The minimum Gasteiger partial charge on any atom is -0.497 e. The monoisotopic (exact) mass is 394 g/mol. The van der Waals surface area contributed by atoms with Crippen molar-refractivity contribution in [2.45, 2.75) is 20.3 Å². The first-order valence-electron chi connectivity index (χ1n) is 9.18. The molecule has 2 aromatic carbocycles. The van der Waals surface area contributed by atoms with Crippen molar-refractivity contribution >= 4 is 17.6 Å². The summed E-state index contributed by atoms with van der Waals surface area (Å²) in [6.45, 7) is 3.75. The quantitative estimate of drug-likeness (QED) is 0.609. The molecule has 0 atom stereocenters. The number of rotatable bonds is 7. The molecular formula is C22H22N2O5. The molecule has 1 aromatic heterocycles. The van der Waals surface area contributed by atoms with Crippen LogP contribution in [0.5, 0.6) is 5.75 Å². The second kappa shape index (κ2) is 9.05. The molecular weight excluding hydrogens is 372 g/mol. The lowest BCUT2D eigenvalue weighted by Crippen LogP contribution is -2.18. The molecule has 0 aliphatic rings. The van der Waals surface area contributed by atoms with Gasteiger partial charge in [-0.2, -0.15) is 0 Å².